The number of para-hydroxylation sites is 3. The van der Waals surface area contributed by atoms with Gasteiger partial charge in [-0.3, -0.25) is 9.10 Å². The third-order valence-electron chi connectivity index (χ3n) is 6.08. The molecule has 1 aliphatic heterocycles. The molecule has 4 aromatic carbocycles. The monoisotopic (exact) mass is 518 g/mol. The van der Waals surface area contributed by atoms with Crippen molar-refractivity contribution in [3.05, 3.63) is 96.0 Å². The van der Waals surface area contributed by atoms with E-state index in [0.717, 1.165) is 16.4 Å². The zero-order valence-corrected chi connectivity index (χ0v) is 20.3. The van der Waals surface area contributed by atoms with Crippen molar-refractivity contribution in [2.24, 2.45) is 0 Å². The molecule has 1 aliphatic rings. The number of rotatable bonds is 4. The molecule has 180 valence electrons. The molecule has 0 aliphatic carbocycles. The Balaban J connectivity index is 1.30. The molecule has 36 heavy (non-hydrogen) atoms. The first kappa shape index (κ1) is 22.5. The number of ether oxygens (including phenoxy) is 1. The molecule has 0 spiro atoms. The standard InChI is InChI=1S/C27H19ClN2O5S/c28-17-9-12-19(13-10-17)36(32,33)30-16-26(35-24-8-4-2-6-22(24)30)27(31)29-18-11-14-21-20-5-1-3-7-23(20)34-25(21)15-18/h1-15,26H,16H2,(H,29,31)/t26-/m0/s1. The van der Waals surface area contributed by atoms with E-state index in [1.807, 2.05) is 30.3 Å². The number of carbonyl (C=O) groups excluding carboxylic acids is 1. The molecule has 6 rings (SSSR count). The summed E-state index contributed by atoms with van der Waals surface area (Å²) in [6.45, 7) is -0.194. The number of anilines is 2. The van der Waals surface area contributed by atoms with Crippen molar-refractivity contribution in [3.8, 4) is 5.75 Å². The van der Waals surface area contributed by atoms with Crippen molar-refractivity contribution in [3.63, 3.8) is 0 Å². The number of nitrogens with zero attached hydrogens (tertiary/aromatic N) is 1. The fourth-order valence-electron chi connectivity index (χ4n) is 4.33. The Kier molecular flexibility index (Phi) is 5.35. The molecule has 9 heteroatoms. The number of sulfonamides is 1. The maximum absolute atomic E-state index is 13.5. The van der Waals surface area contributed by atoms with Crippen molar-refractivity contribution in [1.82, 2.24) is 0 Å². The average Bonchev–Trinajstić information content (AvgIpc) is 3.26. The normalized spacial score (nSPS) is 15.5. The van der Waals surface area contributed by atoms with E-state index in [4.69, 9.17) is 20.8 Å². The Labute approximate surface area is 211 Å². The fourth-order valence-corrected chi connectivity index (χ4v) is 5.93. The summed E-state index contributed by atoms with van der Waals surface area (Å²) >= 11 is 5.94. The minimum Gasteiger partial charge on any atom is -0.476 e. The summed E-state index contributed by atoms with van der Waals surface area (Å²) in [4.78, 5) is 13.3. The molecule has 5 aromatic rings. The molecule has 0 fully saturated rings. The largest absolute Gasteiger partial charge is 0.476 e. The van der Waals surface area contributed by atoms with Gasteiger partial charge in [0.05, 0.1) is 17.1 Å². The van der Waals surface area contributed by atoms with Crippen LogP contribution in [0.1, 0.15) is 0 Å². The molecule has 2 heterocycles. The highest BCUT2D eigenvalue weighted by atomic mass is 35.5. The summed E-state index contributed by atoms with van der Waals surface area (Å²) in [6.07, 6.45) is -1.08. The van der Waals surface area contributed by atoms with E-state index in [1.54, 1.807) is 36.4 Å². The van der Waals surface area contributed by atoms with Gasteiger partial charge in [-0.05, 0) is 54.6 Å². The van der Waals surface area contributed by atoms with Crippen LogP contribution in [-0.2, 0) is 14.8 Å². The lowest BCUT2D eigenvalue weighted by atomic mass is 10.1. The highest BCUT2D eigenvalue weighted by Gasteiger charge is 2.37. The number of benzene rings is 4. The van der Waals surface area contributed by atoms with E-state index in [-0.39, 0.29) is 11.4 Å². The number of amides is 1. The second-order valence-corrected chi connectivity index (χ2v) is 10.7. The number of carbonyl (C=O) groups is 1. The zero-order valence-electron chi connectivity index (χ0n) is 18.7. The summed E-state index contributed by atoms with van der Waals surface area (Å²) in [5.74, 6) is -0.176. The van der Waals surface area contributed by atoms with Gasteiger partial charge in [-0.1, -0.05) is 41.9 Å². The van der Waals surface area contributed by atoms with Gasteiger partial charge in [-0.25, -0.2) is 8.42 Å². The van der Waals surface area contributed by atoms with Gasteiger partial charge < -0.3 is 14.5 Å². The number of furan rings is 1. The second kappa shape index (κ2) is 8.58. The minimum absolute atomic E-state index is 0.0677. The van der Waals surface area contributed by atoms with Crippen LogP contribution in [0, 0.1) is 0 Å². The molecule has 7 nitrogen and oxygen atoms in total. The van der Waals surface area contributed by atoms with Gasteiger partial charge in [0, 0.05) is 27.5 Å². The molecule has 0 unspecified atom stereocenters. The molecule has 0 saturated carbocycles. The van der Waals surface area contributed by atoms with Crippen LogP contribution in [-0.4, -0.2) is 27.0 Å². The van der Waals surface area contributed by atoms with Gasteiger partial charge in [-0.2, -0.15) is 0 Å². The van der Waals surface area contributed by atoms with Gasteiger partial charge in [0.15, 0.2) is 6.10 Å². The molecule has 1 amide bonds. The molecule has 0 radical (unpaired) electrons. The predicted molar refractivity (Wildman–Crippen MR) is 139 cm³/mol. The van der Waals surface area contributed by atoms with E-state index < -0.39 is 22.0 Å². The zero-order chi connectivity index (χ0) is 24.9. The Morgan fingerprint density at radius 1 is 0.889 bits per heavy atom. The maximum Gasteiger partial charge on any atom is 0.267 e. The number of fused-ring (bicyclic) bond motifs is 4. The number of nitrogens with one attached hydrogen (secondary N) is 1. The topological polar surface area (TPSA) is 88.9 Å². The maximum atomic E-state index is 13.5. The van der Waals surface area contributed by atoms with E-state index in [9.17, 15) is 13.2 Å². The summed E-state index contributed by atoms with van der Waals surface area (Å²) in [5.41, 5.74) is 2.27. The van der Waals surface area contributed by atoms with Crippen LogP contribution < -0.4 is 14.4 Å². The summed E-state index contributed by atoms with van der Waals surface area (Å²) in [5, 5.41) is 5.18. The van der Waals surface area contributed by atoms with Crippen LogP contribution in [0.2, 0.25) is 5.02 Å². The van der Waals surface area contributed by atoms with E-state index >= 15 is 0 Å². The number of halogens is 1. The van der Waals surface area contributed by atoms with Gasteiger partial charge in [-0.15, -0.1) is 0 Å². The molecule has 0 saturated heterocycles. The Morgan fingerprint density at radius 2 is 1.61 bits per heavy atom. The van der Waals surface area contributed by atoms with Crippen molar-refractivity contribution >= 4 is 60.8 Å². The summed E-state index contributed by atoms with van der Waals surface area (Å²) in [7, 11) is -3.98. The number of hydrogen-bond acceptors (Lipinski definition) is 5. The van der Waals surface area contributed by atoms with E-state index in [0.29, 0.717) is 27.7 Å². The third kappa shape index (κ3) is 3.84. The first-order chi connectivity index (χ1) is 17.4. The molecular weight excluding hydrogens is 500 g/mol. The Bertz CT molecular complexity index is 1730. The lowest BCUT2D eigenvalue weighted by Gasteiger charge is -2.34. The predicted octanol–water partition coefficient (Wildman–Crippen LogP) is 5.83. The molecular formula is C27H19ClN2O5S. The van der Waals surface area contributed by atoms with Crippen LogP contribution in [0.5, 0.6) is 5.75 Å². The van der Waals surface area contributed by atoms with Crippen LogP contribution in [0.4, 0.5) is 11.4 Å². The first-order valence-electron chi connectivity index (χ1n) is 11.2. The van der Waals surface area contributed by atoms with Crippen molar-refractivity contribution < 1.29 is 22.4 Å². The van der Waals surface area contributed by atoms with Gasteiger partial charge in [0.25, 0.3) is 15.9 Å². The SMILES string of the molecule is O=C(Nc1ccc2c(c1)oc1ccccc12)[C@@H]1CN(S(=O)(=O)c2ccc(Cl)cc2)c2ccccc2O1. The average molecular weight is 519 g/mol. The highest BCUT2D eigenvalue weighted by Crippen LogP contribution is 2.37. The van der Waals surface area contributed by atoms with Gasteiger partial charge in [0.2, 0.25) is 0 Å². The van der Waals surface area contributed by atoms with Gasteiger partial charge >= 0.3 is 0 Å². The second-order valence-electron chi connectivity index (χ2n) is 8.36. The Hall–Kier alpha value is -4.01. The number of hydrogen-bond donors (Lipinski definition) is 1. The molecule has 1 aromatic heterocycles. The van der Waals surface area contributed by atoms with Crippen LogP contribution >= 0.6 is 11.6 Å². The summed E-state index contributed by atoms with van der Waals surface area (Å²) < 4.78 is 40.0. The Morgan fingerprint density at radius 3 is 2.44 bits per heavy atom. The van der Waals surface area contributed by atoms with E-state index in [2.05, 4.69) is 5.32 Å². The highest BCUT2D eigenvalue weighted by molar-refractivity contribution is 7.92. The van der Waals surface area contributed by atoms with Crippen LogP contribution in [0.3, 0.4) is 0 Å². The molecule has 1 atom stereocenters. The molecule has 0 bridgehead atoms. The first-order valence-corrected chi connectivity index (χ1v) is 13.0. The third-order valence-corrected chi connectivity index (χ3v) is 8.12. The lowest BCUT2D eigenvalue weighted by Crippen LogP contribution is -2.48. The lowest BCUT2D eigenvalue weighted by molar-refractivity contribution is -0.122. The van der Waals surface area contributed by atoms with Crippen LogP contribution in [0.25, 0.3) is 21.9 Å². The fraction of sp³-hybridized carbons (Fsp3) is 0.0741. The quantitative estimate of drug-likeness (QED) is 0.323. The summed E-state index contributed by atoms with van der Waals surface area (Å²) in [6, 6.07) is 25.7. The van der Waals surface area contributed by atoms with Crippen molar-refractivity contribution in [2.75, 3.05) is 16.2 Å². The van der Waals surface area contributed by atoms with Gasteiger partial charge in [0.1, 0.15) is 16.9 Å². The van der Waals surface area contributed by atoms with Crippen molar-refractivity contribution in [1.29, 1.82) is 0 Å². The minimum atomic E-state index is -3.98. The van der Waals surface area contributed by atoms with E-state index in [1.165, 1.54) is 28.6 Å². The van der Waals surface area contributed by atoms with Crippen molar-refractivity contribution in [2.45, 2.75) is 11.0 Å². The van der Waals surface area contributed by atoms with Crippen LogP contribution in [0.15, 0.2) is 100 Å². The molecule has 1 N–H and O–H groups in total. The smallest absolute Gasteiger partial charge is 0.267 e.